The zero-order valence-corrected chi connectivity index (χ0v) is 21.0. The molecule has 0 radical (unpaired) electrons. The van der Waals surface area contributed by atoms with Crippen LogP contribution in [0.2, 0.25) is 0 Å². The molecule has 5 heterocycles. The number of nitrogens with zero attached hydrogens (tertiary/aromatic N) is 10. The predicted octanol–water partition coefficient (Wildman–Crippen LogP) is 3.28. The van der Waals surface area contributed by atoms with E-state index in [4.69, 9.17) is 15.8 Å². The van der Waals surface area contributed by atoms with E-state index in [9.17, 15) is 8.78 Å². The van der Waals surface area contributed by atoms with Gasteiger partial charge in [0.25, 0.3) is 5.92 Å². The molecule has 0 atom stereocenters. The molecule has 0 amide bonds. The van der Waals surface area contributed by atoms with Gasteiger partial charge in [-0.1, -0.05) is 36.3 Å². The monoisotopic (exact) mass is 514 g/mol. The molecule has 3 aromatic heterocycles. The van der Waals surface area contributed by atoms with Crippen LogP contribution >= 0.6 is 0 Å². The van der Waals surface area contributed by atoms with Crippen LogP contribution in [-0.4, -0.2) is 66.6 Å². The Kier molecular flexibility index (Phi) is 6.35. The highest BCUT2D eigenvalue weighted by Crippen LogP contribution is 2.37. The third-order valence-electron chi connectivity index (χ3n) is 6.36. The number of hydrogen-bond donors (Lipinski definition) is 0. The lowest BCUT2D eigenvalue weighted by molar-refractivity contribution is 0.0257. The van der Waals surface area contributed by atoms with E-state index < -0.39 is 23.5 Å². The number of alkyl halides is 2. The number of anilines is 1. The van der Waals surface area contributed by atoms with Crippen molar-refractivity contribution < 1.29 is 18.1 Å². The summed E-state index contributed by atoms with van der Waals surface area (Å²) >= 11 is 0. The van der Waals surface area contributed by atoms with Crippen molar-refractivity contribution in [1.82, 2.24) is 35.3 Å². The smallest absolute Gasteiger partial charge is 0.266 e. The lowest BCUT2D eigenvalue weighted by atomic mass is 9.96. The Labute approximate surface area is 211 Å². The molecule has 0 N–H and O–H groups in total. The lowest BCUT2D eigenvalue weighted by Crippen LogP contribution is -2.27. The molecule has 1 saturated heterocycles. The molecule has 0 unspecified atom stereocenters. The third-order valence-corrected chi connectivity index (χ3v) is 6.36. The fourth-order valence-corrected chi connectivity index (χ4v) is 4.09. The molecule has 12 nitrogen and oxygen atoms in total. The molecule has 5 rings (SSSR count). The molecule has 14 heteroatoms. The van der Waals surface area contributed by atoms with Gasteiger partial charge in [-0.2, -0.15) is 10.2 Å². The fraction of sp³-hybridized carbons (Fsp3) is 0.652. The molecule has 0 saturated carbocycles. The van der Waals surface area contributed by atoms with Crippen molar-refractivity contribution in [2.45, 2.75) is 76.6 Å². The molecule has 3 aromatic rings. The molecule has 196 valence electrons. The highest BCUT2D eigenvalue weighted by atomic mass is 19.3. The van der Waals surface area contributed by atoms with Crippen LogP contribution in [-0.2, 0) is 23.3 Å². The molecule has 1 fully saturated rings. The minimum atomic E-state index is -2.78. The molecule has 0 bridgehead atoms. The van der Waals surface area contributed by atoms with Gasteiger partial charge in [0, 0.05) is 37.6 Å². The van der Waals surface area contributed by atoms with Crippen LogP contribution in [0.1, 0.15) is 63.7 Å². The zero-order chi connectivity index (χ0) is 26.3. The second kappa shape index (κ2) is 9.37. The van der Waals surface area contributed by atoms with Gasteiger partial charge in [-0.15, -0.1) is 17.4 Å². The maximum Gasteiger partial charge on any atom is 0.266 e. The Hall–Kier alpha value is -3.60. The summed E-state index contributed by atoms with van der Waals surface area (Å²) in [5.41, 5.74) is 0.946. The molecule has 0 aromatic carbocycles. The predicted molar refractivity (Wildman–Crippen MR) is 127 cm³/mol. The first-order valence-corrected chi connectivity index (χ1v) is 12.1. The summed E-state index contributed by atoms with van der Waals surface area (Å²) in [7, 11) is 0. The highest BCUT2D eigenvalue weighted by Gasteiger charge is 2.41. The Morgan fingerprint density at radius 1 is 1.14 bits per heavy atom. The van der Waals surface area contributed by atoms with Crippen LogP contribution in [0, 0.1) is 12.3 Å². The van der Waals surface area contributed by atoms with Crippen LogP contribution in [0.5, 0.6) is 0 Å². The van der Waals surface area contributed by atoms with E-state index >= 15 is 0 Å². The zero-order valence-electron chi connectivity index (χ0n) is 21.0. The summed E-state index contributed by atoms with van der Waals surface area (Å²) < 4.78 is 40.2. The van der Waals surface area contributed by atoms with Crippen molar-refractivity contribution in [1.29, 1.82) is 0 Å². The van der Waals surface area contributed by atoms with Crippen LogP contribution < -0.4 is 4.90 Å². The highest BCUT2D eigenvalue weighted by molar-refractivity contribution is 5.83. The van der Waals surface area contributed by atoms with Crippen molar-refractivity contribution >= 4 is 17.0 Å². The third kappa shape index (κ3) is 5.41. The summed E-state index contributed by atoms with van der Waals surface area (Å²) in [6.07, 6.45) is 7.04. The van der Waals surface area contributed by atoms with Crippen LogP contribution in [0.4, 0.5) is 14.6 Å². The van der Waals surface area contributed by atoms with Gasteiger partial charge < -0.3 is 9.64 Å². The summed E-state index contributed by atoms with van der Waals surface area (Å²) in [6.45, 7) is 6.38. The number of ether oxygens (including phenoxy) is 1. The molecule has 0 aliphatic carbocycles. The fourth-order valence-electron chi connectivity index (χ4n) is 4.09. The SMILES string of the molecule is C#CCCC1(CCOCc2nonc2Cn2nnc3c(N4CCC(F)(F)C4)nc(C(C)(C)C)nc32)N=N1. The average Bonchev–Trinajstić information content (AvgIpc) is 3.13. The molecule has 37 heavy (non-hydrogen) atoms. The molecular weight excluding hydrogens is 486 g/mol. The van der Waals surface area contributed by atoms with Gasteiger partial charge in [-0.25, -0.2) is 28.1 Å². The summed E-state index contributed by atoms with van der Waals surface area (Å²) in [5.74, 6) is 0.685. The number of terminal acetylenes is 1. The van der Waals surface area contributed by atoms with Gasteiger partial charge in [0.15, 0.2) is 22.6 Å². The van der Waals surface area contributed by atoms with Crippen LogP contribution in [0.15, 0.2) is 14.9 Å². The number of halogens is 2. The largest absolute Gasteiger partial charge is 0.375 e. The van der Waals surface area contributed by atoms with Gasteiger partial charge in [0.1, 0.15) is 17.2 Å². The number of rotatable bonds is 10. The first-order valence-electron chi connectivity index (χ1n) is 12.1. The summed E-state index contributed by atoms with van der Waals surface area (Å²) in [5, 5.41) is 24.6. The first kappa shape index (κ1) is 25.1. The summed E-state index contributed by atoms with van der Waals surface area (Å²) in [6, 6.07) is 0. The standard InChI is InChI=1S/C23H28F2N10O2/c1-5-6-7-23(31-32-23)9-11-36-13-16-15(29-37-30-16)12-35-19-17(28-33-35)18(26-20(27-19)21(2,3)4)34-10-8-22(24,25)14-34/h1H,6-14H2,2-4H3. The van der Waals surface area contributed by atoms with Gasteiger partial charge in [-0.05, 0) is 0 Å². The molecular formula is C23H28F2N10O2. The minimum absolute atomic E-state index is 0.158. The van der Waals surface area contributed by atoms with Crippen molar-refractivity contribution in [3.8, 4) is 12.3 Å². The Morgan fingerprint density at radius 3 is 2.59 bits per heavy atom. The van der Waals surface area contributed by atoms with E-state index in [1.165, 1.54) is 0 Å². The molecule has 2 aliphatic rings. The van der Waals surface area contributed by atoms with Crippen LogP contribution in [0.3, 0.4) is 0 Å². The Balaban J connectivity index is 1.33. The molecule has 2 aliphatic heterocycles. The summed E-state index contributed by atoms with van der Waals surface area (Å²) in [4.78, 5) is 10.8. The van der Waals surface area contributed by atoms with Gasteiger partial charge in [-0.3, -0.25) is 0 Å². The quantitative estimate of drug-likeness (QED) is 0.295. The normalized spacial score (nSPS) is 18.0. The average molecular weight is 515 g/mol. The Morgan fingerprint density at radius 2 is 1.92 bits per heavy atom. The van der Waals surface area contributed by atoms with Crippen molar-refractivity contribution in [3.63, 3.8) is 0 Å². The number of fused-ring (bicyclic) bond motifs is 1. The van der Waals surface area contributed by atoms with E-state index in [1.807, 2.05) is 20.8 Å². The second-order valence-corrected chi connectivity index (χ2v) is 10.4. The van der Waals surface area contributed by atoms with Gasteiger partial charge in [0.05, 0.1) is 26.3 Å². The van der Waals surface area contributed by atoms with Crippen molar-refractivity contribution in [2.24, 2.45) is 10.2 Å². The van der Waals surface area contributed by atoms with E-state index in [0.29, 0.717) is 60.1 Å². The van der Waals surface area contributed by atoms with E-state index in [-0.39, 0.29) is 26.1 Å². The minimum Gasteiger partial charge on any atom is -0.375 e. The van der Waals surface area contributed by atoms with E-state index in [0.717, 1.165) is 0 Å². The van der Waals surface area contributed by atoms with Crippen molar-refractivity contribution in [2.75, 3.05) is 24.6 Å². The number of hydrogen-bond acceptors (Lipinski definition) is 11. The van der Waals surface area contributed by atoms with Gasteiger partial charge in [0.2, 0.25) is 0 Å². The lowest BCUT2D eigenvalue weighted by Gasteiger charge is -2.22. The second-order valence-electron chi connectivity index (χ2n) is 10.4. The van der Waals surface area contributed by atoms with E-state index in [1.54, 1.807) is 9.58 Å². The number of aromatic nitrogens is 7. The Bertz CT molecular complexity index is 1350. The maximum absolute atomic E-state index is 14.0. The molecule has 0 spiro atoms. The van der Waals surface area contributed by atoms with E-state index in [2.05, 4.69) is 46.7 Å². The van der Waals surface area contributed by atoms with Gasteiger partial charge >= 0.3 is 0 Å². The van der Waals surface area contributed by atoms with Crippen LogP contribution in [0.25, 0.3) is 11.2 Å². The first-order chi connectivity index (χ1) is 17.6. The maximum atomic E-state index is 14.0. The van der Waals surface area contributed by atoms with Crippen molar-refractivity contribution in [3.05, 3.63) is 17.2 Å². The topological polar surface area (TPSA) is 133 Å².